The lowest BCUT2D eigenvalue weighted by Crippen LogP contribution is -2.47. The van der Waals surface area contributed by atoms with Gasteiger partial charge in [0.25, 0.3) is 0 Å². The molecule has 3 atom stereocenters. The van der Waals surface area contributed by atoms with E-state index in [9.17, 15) is 4.79 Å². The van der Waals surface area contributed by atoms with Crippen LogP contribution < -0.4 is 5.32 Å². The largest absolute Gasteiger partial charge is 0.367 e. The molecule has 1 aromatic rings. The summed E-state index contributed by atoms with van der Waals surface area (Å²) in [5.41, 5.74) is 1.15. The molecule has 0 spiro atoms. The smallest absolute Gasteiger partial charge is 0.224 e. The van der Waals surface area contributed by atoms with Crippen molar-refractivity contribution in [3.05, 3.63) is 35.9 Å². The molecule has 1 amide bonds. The van der Waals surface area contributed by atoms with Crippen molar-refractivity contribution in [3.8, 4) is 0 Å². The highest BCUT2D eigenvalue weighted by Crippen LogP contribution is 2.25. The summed E-state index contributed by atoms with van der Waals surface area (Å²) < 4.78 is 6.01. The van der Waals surface area contributed by atoms with Crippen molar-refractivity contribution in [1.82, 2.24) is 10.2 Å². The Labute approximate surface area is 138 Å². The number of amides is 1. The molecule has 22 heavy (non-hydrogen) atoms. The summed E-state index contributed by atoms with van der Waals surface area (Å²) in [6, 6.07) is 10.6. The van der Waals surface area contributed by atoms with Gasteiger partial charge < -0.3 is 15.0 Å². The van der Waals surface area contributed by atoms with E-state index in [1.807, 2.05) is 30.0 Å². The first-order valence-electron chi connectivity index (χ1n) is 7.94. The van der Waals surface area contributed by atoms with Gasteiger partial charge in [0.05, 0.1) is 12.6 Å². The Morgan fingerprint density at radius 3 is 2.77 bits per heavy atom. The average molecular weight is 325 g/mol. The Bertz CT molecular complexity index is 477. The number of nitrogens with one attached hydrogen (secondary N) is 1. The van der Waals surface area contributed by atoms with Crippen LogP contribution in [0.15, 0.2) is 30.3 Å². The molecule has 0 aromatic heterocycles. The molecule has 2 aliphatic rings. The molecule has 2 heterocycles. The summed E-state index contributed by atoms with van der Waals surface area (Å²) in [6.07, 6.45) is 3.01. The molecular weight excluding hydrogens is 300 g/mol. The molecule has 2 aliphatic heterocycles. The molecule has 3 unspecified atom stereocenters. The standard InChI is InChI=1S/C17H24N2O2.ClH/c1-13-11-19(17(20)10-15-8-5-9-18-15)12-16(21-13)14-6-3-2-4-7-14;/h2-4,6-7,13,15-16,18H,5,8-12H2,1H3;1H. The first-order valence-corrected chi connectivity index (χ1v) is 7.94. The van der Waals surface area contributed by atoms with E-state index < -0.39 is 0 Å². The molecule has 122 valence electrons. The molecule has 3 rings (SSSR count). The van der Waals surface area contributed by atoms with Crippen molar-refractivity contribution in [2.24, 2.45) is 0 Å². The maximum absolute atomic E-state index is 12.5. The van der Waals surface area contributed by atoms with E-state index >= 15 is 0 Å². The maximum Gasteiger partial charge on any atom is 0.224 e. The van der Waals surface area contributed by atoms with E-state index in [-0.39, 0.29) is 30.5 Å². The van der Waals surface area contributed by atoms with Crippen LogP contribution in [0.25, 0.3) is 0 Å². The van der Waals surface area contributed by atoms with Crippen LogP contribution in [0.1, 0.15) is 37.9 Å². The molecule has 0 aliphatic carbocycles. The zero-order valence-corrected chi connectivity index (χ0v) is 13.8. The molecule has 0 saturated carbocycles. The van der Waals surface area contributed by atoms with E-state index in [1.54, 1.807) is 0 Å². The van der Waals surface area contributed by atoms with Gasteiger partial charge in [-0.05, 0) is 31.9 Å². The Morgan fingerprint density at radius 1 is 1.32 bits per heavy atom. The van der Waals surface area contributed by atoms with Gasteiger partial charge >= 0.3 is 0 Å². The van der Waals surface area contributed by atoms with Gasteiger partial charge in [0.2, 0.25) is 5.91 Å². The SMILES string of the molecule is CC1CN(C(=O)CC2CCCN2)CC(c2ccccc2)O1.Cl. The fourth-order valence-corrected chi connectivity index (χ4v) is 3.28. The monoisotopic (exact) mass is 324 g/mol. The molecule has 2 fully saturated rings. The maximum atomic E-state index is 12.5. The average Bonchev–Trinajstić information content (AvgIpc) is 3.00. The van der Waals surface area contributed by atoms with Gasteiger partial charge in [-0.1, -0.05) is 30.3 Å². The Balaban J connectivity index is 0.00000176. The minimum Gasteiger partial charge on any atom is -0.367 e. The number of nitrogens with zero attached hydrogens (tertiary/aromatic N) is 1. The summed E-state index contributed by atoms with van der Waals surface area (Å²) in [5, 5.41) is 3.40. The normalized spacial score (nSPS) is 28.2. The zero-order chi connectivity index (χ0) is 14.7. The predicted octanol–water partition coefficient (Wildman–Crippen LogP) is 2.54. The highest BCUT2D eigenvalue weighted by molar-refractivity contribution is 5.85. The van der Waals surface area contributed by atoms with E-state index in [4.69, 9.17) is 4.74 Å². The van der Waals surface area contributed by atoms with Crippen molar-refractivity contribution >= 4 is 18.3 Å². The van der Waals surface area contributed by atoms with Crippen LogP contribution in [0, 0.1) is 0 Å². The quantitative estimate of drug-likeness (QED) is 0.929. The lowest BCUT2D eigenvalue weighted by molar-refractivity contribution is -0.145. The highest BCUT2D eigenvalue weighted by atomic mass is 35.5. The Morgan fingerprint density at radius 2 is 2.09 bits per heavy atom. The number of hydrogen-bond donors (Lipinski definition) is 1. The van der Waals surface area contributed by atoms with Gasteiger partial charge in [-0.15, -0.1) is 12.4 Å². The fraction of sp³-hybridized carbons (Fsp3) is 0.588. The van der Waals surface area contributed by atoms with Gasteiger partial charge in [-0.25, -0.2) is 0 Å². The minimum absolute atomic E-state index is 0. The summed E-state index contributed by atoms with van der Waals surface area (Å²) in [6.45, 7) is 4.46. The Kier molecular flexibility index (Phi) is 6.24. The number of ether oxygens (including phenoxy) is 1. The van der Waals surface area contributed by atoms with Crippen LogP contribution in [-0.4, -0.2) is 42.6 Å². The first kappa shape index (κ1) is 17.3. The van der Waals surface area contributed by atoms with Gasteiger partial charge in [-0.2, -0.15) is 0 Å². The second kappa shape index (κ2) is 7.95. The summed E-state index contributed by atoms with van der Waals surface area (Å²) in [5.74, 6) is 0.255. The third-order valence-electron chi connectivity index (χ3n) is 4.37. The number of carbonyl (C=O) groups excluding carboxylic acids is 1. The molecule has 2 saturated heterocycles. The molecule has 0 bridgehead atoms. The zero-order valence-electron chi connectivity index (χ0n) is 13.0. The van der Waals surface area contributed by atoms with Crippen molar-refractivity contribution in [2.45, 2.75) is 44.4 Å². The number of carbonyl (C=O) groups is 1. The molecule has 4 nitrogen and oxygen atoms in total. The number of hydrogen-bond acceptors (Lipinski definition) is 3. The molecule has 1 N–H and O–H groups in total. The summed E-state index contributed by atoms with van der Waals surface area (Å²) in [7, 11) is 0. The van der Waals surface area contributed by atoms with Gasteiger partial charge in [0.15, 0.2) is 0 Å². The third-order valence-corrected chi connectivity index (χ3v) is 4.37. The lowest BCUT2D eigenvalue weighted by atomic mass is 10.1. The number of benzene rings is 1. The molecular formula is C17H25ClN2O2. The minimum atomic E-state index is -0.00422. The van der Waals surface area contributed by atoms with Gasteiger partial charge in [-0.3, -0.25) is 4.79 Å². The first-order chi connectivity index (χ1) is 10.2. The van der Waals surface area contributed by atoms with Gasteiger partial charge in [0.1, 0.15) is 6.10 Å². The van der Waals surface area contributed by atoms with Crippen LogP contribution >= 0.6 is 12.4 Å². The van der Waals surface area contributed by atoms with Crippen molar-refractivity contribution in [2.75, 3.05) is 19.6 Å². The second-order valence-corrected chi connectivity index (χ2v) is 6.14. The van der Waals surface area contributed by atoms with E-state index in [0.717, 1.165) is 18.5 Å². The second-order valence-electron chi connectivity index (χ2n) is 6.14. The lowest BCUT2D eigenvalue weighted by Gasteiger charge is -2.37. The molecule has 0 radical (unpaired) electrons. The van der Waals surface area contributed by atoms with E-state index in [0.29, 0.717) is 25.6 Å². The highest BCUT2D eigenvalue weighted by Gasteiger charge is 2.30. The summed E-state index contributed by atoms with van der Waals surface area (Å²) in [4.78, 5) is 14.5. The fourth-order valence-electron chi connectivity index (χ4n) is 3.28. The van der Waals surface area contributed by atoms with E-state index in [1.165, 1.54) is 6.42 Å². The summed E-state index contributed by atoms with van der Waals surface area (Å²) >= 11 is 0. The van der Waals surface area contributed by atoms with Crippen LogP contribution in [0.4, 0.5) is 0 Å². The van der Waals surface area contributed by atoms with Crippen LogP contribution in [0.5, 0.6) is 0 Å². The predicted molar refractivity (Wildman–Crippen MR) is 89.2 cm³/mol. The topological polar surface area (TPSA) is 41.6 Å². The number of halogens is 1. The van der Waals surface area contributed by atoms with Crippen LogP contribution in [-0.2, 0) is 9.53 Å². The van der Waals surface area contributed by atoms with E-state index in [2.05, 4.69) is 17.4 Å². The van der Waals surface area contributed by atoms with Crippen molar-refractivity contribution in [1.29, 1.82) is 0 Å². The number of morpholine rings is 1. The van der Waals surface area contributed by atoms with Gasteiger partial charge in [0, 0.05) is 19.0 Å². The van der Waals surface area contributed by atoms with Crippen molar-refractivity contribution in [3.63, 3.8) is 0 Å². The Hall–Kier alpha value is -1.10. The molecule has 1 aromatic carbocycles. The molecule has 5 heteroatoms. The van der Waals surface area contributed by atoms with Crippen LogP contribution in [0.2, 0.25) is 0 Å². The number of rotatable bonds is 3. The third kappa shape index (κ3) is 4.22. The van der Waals surface area contributed by atoms with Crippen LogP contribution in [0.3, 0.4) is 0 Å². The van der Waals surface area contributed by atoms with Crippen molar-refractivity contribution < 1.29 is 9.53 Å².